The van der Waals surface area contributed by atoms with Crippen LogP contribution in [0.5, 0.6) is 0 Å². The van der Waals surface area contributed by atoms with Crippen molar-refractivity contribution in [1.29, 1.82) is 0 Å². The Balaban J connectivity index is 1.89. The average molecular weight is 273 g/mol. The Morgan fingerprint density at radius 3 is 2.80 bits per heavy atom. The molecule has 1 aliphatic heterocycles. The molecular weight excluding hydrogens is 257 g/mol. The Bertz CT molecular complexity index is 678. The number of aromatic nitrogens is 2. The van der Waals surface area contributed by atoms with Crippen LogP contribution in [0.15, 0.2) is 24.3 Å². The number of ketones is 1. The SMILES string of the molecule is CC(=O)c1cc2n(n1)CCN(c1ccc(F)cc1C)C2. The van der Waals surface area contributed by atoms with Gasteiger partial charge in [-0.3, -0.25) is 9.48 Å². The number of hydrogen-bond donors (Lipinski definition) is 0. The molecule has 0 N–H and O–H groups in total. The predicted octanol–water partition coefficient (Wildman–Crippen LogP) is 2.55. The van der Waals surface area contributed by atoms with Gasteiger partial charge in [-0.15, -0.1) is 0 Å². The van der Waals surface area contributed by atoms with E-state index in [1.807, 2.05) is 23.7 Å². The zero-order valence-electron chi connectivity index (χ0n) is 11.6. The van der Waals surface area contributed by atoms with Crippen molar-refractivity contribution in [2.24, 2.45) is 0 Å². The highest BCUT2D eigenvalue weighted by Gasteiger charge is 2.20. The molecule has 0 fully saturated rings. The van der Waals surface area contributed by atoms with E-state index < -0.39 is 0 Å². The van der Waals surface area contributed by atoms with E-state index in [2.05, 4.69) is 10.00 Å². The van der Waals surface area contributed by atoms with Crippen LogP contribution in [0.4, 0.5) is 10.1 Å². The summed E-state index contributed by atoms with van der Waals surface area (Å²) in [5.41, 5.74) is 3.48. The molecular formula is C15H16FN3O. The predicted molar refractivity (Wildman–Crippen MR) is 74.4 cm³/mol. The molecule has 0 atom stereocenters. The number of halogens is 1. The molecule has 1 aromatic heterocycles. The van der Waals surface area contributed by atoms with Gasteiger partial charge in [-0.25, -0.2) is 4.39 Å². The van der Waals surface area contributed by atoms with Crippen molar-refractivity contribution in [2.75, 3.05) is 11.4 Å². The first-order chi connectivity index (χ1) is 9.54. The first-order valence-corrected chi connectivity index (χ1v) is 6.63. The van der Waals surface area contributed by atoms with Crippen LogP contribution < -0.4 is 4.90 Å². The lowest BCUT2D eigenvalue weighted by Gasteiger charge is -2.30. The van der Waals surface area contributed by atoms with E-state index in [-0.39, 0.29) is 11.6 Å². The van der Waals surface area contributed by atoms with Gasteiger partial charge in [-0.1, -0.05) is 0 Å². The highest BCUT2D eigenvalue weighted by molar-refractivity contribution is 5.92. The number of carbonyl (C=O) groups is 1. The topological polar surface area (TPSA) is 38.1 Å². The van der Waals surface area contributed by atoms with Crippen LogP contribution >= 0.6 is 0 Å². The summed E-state index contributed by atoms with van der Waals surface area (Å²) in [6.45, 7) is 5.66. The quantitative estimate of drug-likeness (QED) is 0.789. The van der Waals surface area contributed by atoms with E-state index >= 15 is 0 Å². The van der Waals surface area contributed by atoms with E-state index in [4.69, 9.17) is 0 Å². The van der Waals surface area contributed by atoms with Gasteiger partial charge in [0.05, 0.1) is 18.8 Å². The van der Waals surface area contributed by atoms with Gasteiger partial charge in [0.2, 0.25) is 0 Å². The zero-order chi connectivity index (χ0) is 14.3. The molecule has 0 radical (unpaired) electrons. The van der Waals surface area contributed by atoms with Crippen LogP contribution in [0.2, 0.25) is 0 Å². The Kier molecular flexibility index (Phi) is 3.04. The lowest BCUT2D eigenvalue weighted by molar-refractivity contribution is 0.101. The van der Waals surface area contributed by atoms with Gasteiger partial charge in [0.15, 0.2) is 5.78 Å². The molecule has 2 heterocycles. The Morgan fingerprint density at radius 2 is 2.10 bits per heavy atom. The summed E-state index contributed by atoms with van der Waals surface area (Å²) in [5, 5.41) is 4.30. The summed E-state index contributed by atoms with van der Waals surface area (Å²) < 4.78 is 15.1. The minimum Gasteiger partial charge on any atom is -0.364 e. The second-order valence-electron chi connectivity index (χ2n) is 5.15. The van der Waals surface area contributed by atoms with Crippen LogP contribution in [0, 0.1) is 12.7 Å². The van der Waals surface area contributed by atoms with Gasteiger partial charge in [-0.05, 0) is 36.8 Å². The van der Waals surface area contributed by atoms with Gasteiger partial charge in [-0.2, -0.15) is 5.10 Å². The van der Waals surface area contributed by atoms with E-state index in [1.54, 1.807) is 6.07 Å². The highest BCUT2D eigenvalue weighted by atomic mass is 19.1. The van der Waals surface area contributed by atoms with Gasteiger partial charge >= 0.3 is 0 Å². The normalized spacial score (nSPS) is 14.2. The lowest BCUT2D eigenvalue weighted by atomic mass is 10.1. The number of fused-ring (bicyclic) bond motifs is 1. The van der Waals surface area contributed by atoms with Gasteiger partial charge in [0.1, 0.15) is 11.5 Å². The van der Waals surface area contributed by atoms with Crippen molar-refractivity contribution in [2.45, 2.75) is 26.9 Å². The molecule has 20 heavy (non-hydrogen) atoms. The number of rotatable bonds is 2. The van der Waals surface area contributed by atoms with Crippen LogP contribution in [0.25, 0.3) is 0 Å². The third-order valence-corrected chi connectivity index (χ3v) is 3.66. The third-order valence-electron chi connectivity index (χ3n) is 3.66. The molecule has 0 saturated heterocycles. The maximum absolute atomic E-state index is 13.2. The monoisotopic (exact) mass is 273 g/mol. The second-order valence-corrected chi connectivity index (χ2v) is 5.15. The number of benzene rings is 1. The molecule has 0 bridgehead atoms. The van der Waals surface area contributed by atoms with Crippen molar-refractivity contribution in [1.82, 2.24) is 9.78 Å². The summed E-state index contributed by atoms with van der Waals surface area (Å²) in [6, 6.07) is 6.67. The summed E-state index contributed by atoms with van der Waals surface area (Å²) in [5.74, 6) is -0.233. The molecule has 0 aliphatic carbocycles. The van der Waals surface area contributed by atoms with E-state index in [1.165, 1.54) is 13.0 Å². The number of anilines is 1. The van der Waals surface area contributed by atoms with E-state index in [0.29, 0.717) is 12.2 Å². The van der Waals surface area contributed by atoms with Crippen molar-refractivity contribution in [3.63, 3.8) is 0 Å². The average Bonchev–Trinajstić information content (AvgIpc) is 2.81. The first kappa shape index (κ1) is 12.8. The maximum atomic E-state index is 13.2. The second kappa shape index (κ2) is 4.74. The van der Waals surface area contributed by atoms with Crippen molar-refractivity contribution in [3.8, 4) is 0 Å². The van der Waals surface area contributed by atoms with Crippen molar-refractivity contribution < 1.29 is 9.18 Å². The molecule has 5 heteroatoms. The fraction of sp³-hybridized carbons (Fsp3) is 0.333. The van der Waals surface area contributed by atoms with Gasteiger partial charge in [0.25, 0.3) is 0 Å². The number of Topliss-reactive ketones (excluding diaryl/α,β-unsaturated/α-hetero) is 1. The Hall–Kier alpha value is -2.17. The molecule has 104 valence electrons. The Morgan fingerprint density at radius 1 is 1.30 bits per heavy atom. The third kappa shape index (κ3) is 2.19. The number of carbonyl (C=O) groups excluding carboxylic acids is 1. The standard InChI is InChI=1S/C15H16FN3O/c1-10-7-12(16)3-4-15(10)18-5-6-19-13(9-18)8-14(17-19)11(2)20/h3-4,7-8H,5-6,9H2,1-2H3. The number of hydrogen-bond acceptors (Lipinski definition) is 3. The number of aryl methyl sites for hydroxylation is 1. The van der Waals surface area contributed by atoms with E-state index in [9.17, 15) is 9.18 Å². The van der Waals surface area contributed by atoms with E-state index in [0.717, 1.165) is 30.0 Å². The van der Waals surface area contributed by atoms with Crippen LogP contribution in [-0.2, 0) is 13.1 Å². The van der Waals surface area contributed by atoms with Crippen LogP contribution in [0.1, 0.15) is 28.7 Å². The molecule has 1 aliphatic rings. The fourth-order valence-corrected chi connectivity index (χ4v) is 2.62. The summed E-state index contributed by atoms with van der Waals surface area (Å²) in [4.78, 5) is 13.6. The maximum Gasteiger partial charge on any atom is 0.179 e. The summed E-state index contributed by atoms with van der Waals surface area (Å²) in [6.07, 6.45) is 0. The van der Waals surface area contributed by atoms with Crippen molar-refractivity contribution in [3.05, 3.63) is 47.0 Å². The molecule has 4 nitrogen and oxygen atoms in total. The molecule has 0 saturated carbocycles. The smallest absolute Gasteiger partial charge is 0.179 e. The molecule has 0 amide bonds. The molecule has 0 spiro atoms. The largest absolute Gasteiger partial charge is 0.364 e. The summed E-state index contributed by atoms with van der Waals surface area (Å²) in [7, 11) is 0. The number of nitrogens with zero attached hydrogens (tertiary/aromatic N) is 3. The lowest BCUT2D eigenvalue weighted by Crippen LogP contribution is -2.34. The molecule has 3 rings (SSSR count). The fourth-order valence-electron chi connectivity index (χ4n) is 2.62. The minimum absolute atomic E-state index is 0.0172. The van der Waals surface area contributed by atoms with Crippen LogP contribution in [0.3, 0.4) is 0 Å². The molecule has 0 unspecified atom stereocenters. The van der Waals surface area contributed by atoms with Gasteiger partial charge in [0, 0.05) is 19.2 Å². The summed E-state index contributed by atoms with van der Waals surface area (Å²) >= 11 is 0. The molecule has 2 aromatic rings. The van der Waals surface area contributed by atoms with Crippen molar-refractivity contribution >= 4 is 11.5 Å². The Labute approximate surface area is 116 Å². The molecule has 1 aromatic carbocycles. The first-order valence-electron chi connectivity index (χ1n) is 6.63. The zero-order valence-corrected chi connectivity index (χ0v) is 11.6. The van der Waals surface area contributed by atoms with Crippen LogP contribution in [-0.4, -0.2) is 22.1 Å². The van der Waals surface area contributed by atoms with Gasteiger partial charge < -0.3 is 4.90 Å². The minimum atomic E-state index is -0.216. The highest BCUT2D eigenvalue weighted by Crippen LogP contribution is 2.25.